The second-order valence-electron chi connectivity index (χ2n) is 7.88. The zero-order valence-corrected chi connectivity index (χ0v) is 15.4. The van der Waals surface area contributed by atoms with E-state index in [2.05, 4.69) is 29.8 Å². The fourth-order valence-electron chi connectivity index (χ4n) is 2.63. The smallest absolute Gasteiger partial charge is 0.407 e. The van der Waals surface area contributed by atoms with E-state index in [0.29, 0.717) is 12.5 Å². The van der Waals surface area contributed by atoms with Crippen LogP contribution in [0.1, 0.15) is 60.8 Å². The van der Waals surface area contributed by atoms with E-state index in [-0.39, 0.29) is 30.1 Å². The summed E-state index contributed by atoms with van der Waals surface area (Å²) in [7, 11) is 0. The van der Waals surface area contributed by atoms with Gasteiger partial charge in [-0.1, -0.05) is 13.8 Å². The molecule has 3 unspecified atom stereocenters. The van der Waals surface area contributed by atoms with Crippen LogP contribution in [0.2, 0.25) is 0 Å². The van der Waals surface area contributed by atoms with Crippen molar-refractivity contribution in [2.75, 3.05) is 6.54 Å². The van der Waals surface area contributed by atoms with Crippen molar-refractivity contribution in [3.63, 3.8) is 0 Å². The molecule has 23 heavy (non-hydrogen) atoms. The Kier molecular flexibility index (Phi) is 7.32. The molecule has 2 amide bonds. The Labute approximate surface area is 140 Å². The molecule has 1 rings (SSSR count). The summed E-state index contributed by atoms with van der Waals surface area (Å²) in [5, 5.41) is 9.19. The Morgan fingerprint density at radius 1 is 1.13 bits per heavy atom. The van der Waals surface area contributed by atoms with Gasteiger partial charge >= 0.3 is 6.09 Å². The van der Waals surface area contributed by atoms with Gasteiger partial charge < -0.3 is 20.7 Å². The van der Waals surface area contributed by atoms with Gasteiger partial charge in [-0.05, 0) is 52.9 Å². The number of carbonyl (C=O) groups excluding carboxylic acids is 2. The number of hydrogen-bond donors (Lipinski definition) is 3. The first-order valence-electron chi connectivity index (χ1n) is 8.60. The number of hydrogen-bond acceptors (Lipinski definition) is 4. The molecular formula is C17H33N3O3. The third-order valence-electron chi connectivity index (χ3n) is 3.72. The number of amides is 2. The highest BCUT2D eigenvalue weighted by molar-refractivity contribution is 5.81. The Bertz CT molecular complexity index is 404. The summed E-state index contributed by atoms with van der Waals surface area (Å²) in [4.78, 5) is 23.8. The molecule has 0 saturated heterocycles. The van der Waals surface area contributed by atoms with Gasteiger partial charge in [-0.2, -0.15) is 0 Å². The lowest BCUT2D eigenvalue weighted by Crippen LogP contribution is -2.47. The minimum atomic E-state index is -0.483. The highest BCUT2D eigenvalue weighted by Gasteiger charge is 2.29. The Hall–Kier alpha value is -1.30. The molecule has 3 N–H and O–H groups in total. The van der Waals surface area contributed by atoms with Gasteiger partial charge in [0.2, 0.25) is 5.91 Å². The molecule has 1 aliphatic rings. The molecular weight excluding hydrogens is 294 g/mol. The van der Waals surface area contributed by atoms with Crippen LogP contribution in [0.5, 0.6) is 0 Å². The minimum absolute atomic E-state index is 0.0299. The van der Waals surface area contributed by atoms with Gasteiger partial charge in [0.25, 0.3) is 0 Å². The van der Waals surface area contributed by atoms with Crippen LogP contribution in [-0.2, 0) is 9.53 Å². The molecule has 0 aromatic heterocycles. The van der Waals surface area contributed by atoms with Crippen molar-refractivity contribution < 1.29 is 14.3 Å². The maximum absolute atomic E-state index is 12.0. The number of nitrogens with one attached hydrogen (secondary N) is 3. The summed E-state index contributed by atoms with van der Waals surface area (Å²) >= 11 is 0. The second kappa shape index (κ2) is 8.52. The van der Waals surface area contributed by atoms with E-state index in [1.54, 1.807) is 0 Å². The fourth-order valence-corrected chi connectivity index (χ4v) is 2.63. The fraction of sp³-hybridized carbons (Fsp3) is 0.882. The number of ether oxygens (including phenoxy) is 1. The molecule has 1 saturated carbocycles. The van der Waals surface area contributed by atoms with Gasteiger partial charge in [0, 0.05) is 18.6 Å². The van der Waals surface area contributed by atoms with Crippen LogP contribution in [-0.4, -0.2) is 42.3 Å². The van der Waals surface area contributed by atoms with E-state index in [1.807, 2.05) is 27.7 Å². The van der Waals surface area contributed by atoms with Crippen molar-refractivity contribution in [1.82, 2.24) is 16.0 Å². The lowest BCUT2D eigenvalue weighted by molar-refractivity contribution is -0.123. The van der Waals surface area contributed by atoms with Crippen LogP contribution in [0.25, 0.3) is 0 Å². The number of rotatable bonds is 6. The number of alkyl carbamates (subject to hydrolysis) is 1. The third-order valence-corrected chi connectivity index (χ3v) is 3.72. The largest absolute Gasteiger partial charge is 0.444 e. The number of carbonyl (C=O) groups is 2. The molecule has 6 nitrogen and oxygen atoms in total. The minimum Gasteiger partial charge on any atom is -0.444 e. The quantitative estimate of drug-likeness (QED) is 0.698. The first-order valence-corrected chi connectivity index (χ1v) is 8.60. The van der Waals surface area contributed by atoms with Crippen molar-refractivity contribution in [3.05, 3.63) is 0 Å². The summed E-state index contributed by atoms with van der Waals surface area (Å²) < 4.78 is 5.27. The Balaban J connectivity index is 2.31. The van der Waals surface area contributed by atoms with E-state index in [9.17, 15) is 9.59 Å². The molecule has 0 aromatic rings. The molecule has 0 heterocycles. The maximum atomic E-state index is 12.0. The molecule has 0 spiro atoms. The first kappa shape index (κ1) is 19.7. The monoisotopic (exact) mass is 327 g/mol. The van der Waals surface area contributed by atoms with E-state index in [1.165, 1.54) is 0 Å². The van der Waals surface area contributed by atoms with Gasteiger partial charge in [0.1, 0.15) is 5.60 Å². The van der Waals surface area contributed by atoms with Gasteiger partial charge in [-0.25, -0.2) is 4.79 Å². The van der Waals surface area contributed by atoms with Gasteiger partial charge in [-0.3, -0.25) is 4.79 Å². The average Bonchev–Trinajstić information content (AvgIpc) is 2.80. The SMILES string of the molecule is CC(C)CNC(=O)C(C)NC1CCC(NC(=O)OC(C)(C)C)C1. The molecule has 1 aliphatic carbocycles. The molecule has 0 radical (unpaired) electrons. The van der Waals surface area contributed by atoms with E-state index < -0.39 is 5.60 Å². The summed E-state index contributed by atoms with van der Waals surface area (Å²) in [5.74, 6) is 0.474. The van der Waals surface area contributed by atoms with E-state index >= 15 is 0 Å². The topological polar surface area (TPSA) is 79.5 Å². The third kappa shape index (κ3) is 8.21. The maximum Gasteiger partial charge on any atom is 0.407 e. The van der Waals surface area contributed by atoms with Crippen molar-refractivity contribution >= 4 is 12.0 Å². The van der Waals surface area contributed by atoms with Crippen LogP contribution < -0.4 is 16.0 Å². The van der Waals surface area contributed by atoms with Crippen molar-refractivity contribution in [2.45, 2.75) is 84.5 Å². The zero-order chi connectivity index (χ0) is 17.6. The summed E-state index contributed by atoms with van der Waals surface area (Å²) in [6.45, 7) is 12.3. The average molecular weight is 327 g/mol. The molecule has 0 bridgehead atoms. The summed E-state index contributed by atoms with van der Waals surface area (Å²) in [5.41, 5.74) is -0.483. The predicted octanol–water partition coefficient (Wildman–Crippen LogP) is 2.18. The Morgan fingerprint density at radius 3 is 2.30 bits per heavy atom. The summed E-state index contributed by atoms with van der Waals surface area (Å²) in [6.07, 6.45) is 2.30. The standard InChI is InChI=1S/C17H33N3O3/c1-11(2)10-18-15(21)12(3)19-13-7-8-14(9-13)20-16(22)23-17(4,5)6/h11-14,19H,7-10H2,1-6H3,(H,18,21)(H,20,22). The molecule has 0 aromatic carbocycles. The normalized spacial score (nSPS) is 22.7. The van der Waals surface area contributed by atoms with Crippen LogP contribution >= 0.6 is 0 Å². The van der Waals surface area contributed by atoms with Crippen LogP contribution in [0.4, 0.5) is 4.79 Å². The van der Waals surface area contributed by atoms with Crippen molar-refractivity contribution in [1.29, 1.82) is 0 Å². The van der Waals surface area contributed by atoms with Gasteiger partial charge in [0.05, 0.1) is 6.04 Å². The van der Waals surface area contributed by atoms with Crippen molar-refractivity contribution in [2.24, 2.45) is 5.92 Å². The van der Waals surface area contributed by atoms with E-state index in [4.69, 9.17) is 4.74 Å². The van der Waals surface area contributed by atoms with Crippen LogP contribution in [0.15, 0.2) is 0 Å². The van der Waals surface area contributed by atoms with E-state index in [0.717, 1.165) is 19.3 Å². The van der Waals surface area contributed by atoms with Gasteiger partial charge in [-0.15, -0.1) is 0 Å². The molecule has 1 fully saturated rings. The predicted molar refractivity (Wildman–Crippen MR) is 91.2 cm³/mol. The lowest BCUT2D eigenvalue weighted by Gasteiger charge is -2.22. The highest BCUT2D eigenvalue weighted by Crippen LogP contribution is 2.20. The summed E-state index contributed by atoms with van der Waals surface area (Å²) in [6, 6.07) is 0.127. The lowest BCUT2D eigenvalue weighted by atomic mass is 10.2. The molecule has 134 valence electrons. The molecule has 3 atom stereocenters. The van der Waals surface area contributed by atoms with Crippen molar-refractivity contribution in [3.8, 4) is 0 Å². The van der Waals surface area contributed by atoms with Crippen LogP contribution in [0, 0.1) is 5.92 Å². The second-order valence-corrected chi connectivity index (χ2v) is 7.88. The zero-order valence-electron chi connectivity index (χ0n) is 15.4. The molecule has 0 aliphatic heterocycles. The first-order chi connectivity index (χ1) is 10.6. The van der Waals surface area contributed by atoms with Gasteiger partial charge in [0.15, 0.2) is 0 Å². The highest BCUT2D eigenvalue weighted by atomic mass is 16.6. The van der Waals surface area contributed by atoms with Crippen LogP contribution in [0.3, 0.4) is 0 Å². The Morgan fingerprint density at radius 2 is 1.74 bits per heavy atom. The molecule has 6 heteroatoms.